The lowest BCUT2D eigenvalue weighted by atomic mass is 9.88. The van der Waals surface area contributed by atoms with Crippen LogP contribution in [0, 0.1) is 0 Å². The second kappa shape index (κ2) is 9.31. The van der Waals surface area contributed by atoms with Crippen LogP contribution in [0.1, 0.15) is 49.4 Å². The quantitative estimate of drug-likeness (QED) is 0.573. The van der Waals surface area contributed by atoms with Gasteiger partial charge in [-0.05, 0) is 43.2 Å². The van der Waals surface area contributed by atoms with Gasteiger partial charge in [-0.2, -0.15) is 9.78 Å². The maximum absolute atomic E-state index is 13.3. The van der Waals surface area contributed by atoms with Crippen LogP contribution in [0.3, 0.4) is 0 Å². The fraction of sp³-hybridized carbons (Fsp3) is 0.304. The lowest BCUT2D eigenvalue weighted by molar-refractivity contribution is -0.139. The van der Waals surface area contributed by atoms with Gasteiger partial charge in [-0.3, -0.25) is 4.79 Å². The minimum atomic E-state index is -1.09. The number of nitrogens with zero attached hydrogens (tertiary/aromatic N) is 3. The number of benzene rings is 2. The molecule has 7 nitrogen and oxygen atoms in total. The van der Waals surface area contributed by atoms with Gasteiger partial charge in [0.1, 0.15) is 11.6 Å². The first-order valence-electron chi connectivity index (χ1n) is 10.2. The van der Waals surface area contributed by atoms with Gasteiger partial charge < -0.3 is 9.84 Å². The lowest BCUT2D eigenvalue weighted by Crippen LogP contribution is -2.25. The predicted octanol–water partition coefficient (Wildman–Crippen LogP) is 4.44. The van der Waals surface area contributed by atoms with Crippen molar-refractivity contribution in [2.24, 2.45) is 5.10 Å². The first kappa shape index (κ1) is 21.1. The van der Waals surface area contributed by atoms with Gasteiger partial charge in [-0.15, -0.1) is 0 Å². The molecule has 1 N–H and O–H groups in total. The highest BCUT2D eigenvalue weighted by atomic mass is 35.5. The summed E-state index contributed by atoms with van der Waals surface area (Å²) in [6.45, 7) is -0.493. The average Bonchev–Trinajstić information content (AvgIpc) is 2.78. The Bertz CT molecular complexity index is 1200. The normalized spacial score (nSPS) is 14.9. The van der Waals surface area contributed by atoms with Crippen LogP contribution in [0.2, 0.25) is 5.02 Å². The molecule has 0 aliphatic heterocycles. The molecule has 2 aromatic carbocycles. The van der Waals surface area contributed by atoms with Gasteiger partial charge in [0.25, 0.3) is 5.56 Å². The summed E-state index contributed by atoms with van der Waals surface area (Å²) in [7, 11) is 0. The van der Waals surface area contributed by atoms with Crippen molar-refractivity contribution in [3.63, 3.8) is 0 Å². The number of carboxylic acids is 1. The van der Waals surface area contributed by atoms with E-state index in [-0.39, 0.29) is 11.5 Å². The Kier molecular flexibility index (Phi) is 6.32. The van der Waals surface area contributed by atoms with E-state index in [2.05, 4.69) is 5.10 Å². The van der Waals surface area contributed by atoms with Crippen LogP contribution in [0.15, 0.2) is 52.4 Å². The summed E-state index contributed by atoms with van der Waals surface area (Å²) in [6.07, 6.45) is 6.77. The zero-order chi connectivity index (χ0) is 21.8. The molecule has 1 saturated carbocycles. The van der Waals surface area contributed by atoms with E-state index in [1.165, 1.54) is 17.3 Å². The molecule has 31 heavy (non-hydrogen) atoms. The van der Waals surface area contributed by atoms with Crippen molar-refractivity contribution in [1.82, 2.24) is 9.66 Å². The molecule has 0 bridgehead atoms. The zero-order valence-corrected chi connectivity index (χ0v) is 17.6. The fourth-order valence-electron chi connectivity index (χ4n) is 3.89. The van der Waals surface area contributed by atoms with Crippen LogP contribution in [-0.2, 0) is 4.79 Å². The zero-order valence-electron chi connectivity index (χ0n) is 16.8. The summed E-state index contributed by atoms with van der Waals surface area (Å²) in [5.74, 6) is 0.0314. The van der Waals surface area contributed by atoms with Gasteiger partial charge in [0, 0.05) is 16.5 Å². The Morgan fingerprint density at radius 2 is 2.00 bits per heavy atom. The van der Waals surface area contributed by atoms with Gasteiger partial charge >= 0.3 is 5.97 Å². The number of rotatable bonds is 6. The Morgan fingerprint density at radius 3 is 2.77 bits per heavy atom. The van der Waals surface area contributed by atoms with Crippen LogP contribution in [0.5, 0.6) is 5.75 Å². The average molecular weight is 440 g/mol. The third kappa shape index (κ3) is 4.77. The Hall–Kier alpha value is -3.19. The minimum absolute atomic E-state index is 0.158. The number of carbonyl (C=O) groups is 1. The van der Waals surface area contributed by atoms with Crippen LogP contribution < -0.4 is 10.3 Å². The van der Waals surface area contributed by atoms with E-state index < -0.39 is 12.6 Å². The van der Waals surface area contributed by atoms with E-state index >= 15 is 0 Å². The number of halogens is 1. The topological polar surface area (TPSA) is 93.8 Å². The van der Waals surface area contributed by atoms with Gasteiger partial charge in [-0.25, -0.2) is 9.78 Å². The molecule has 0 amide bonds. The van der Waals surface area contributed by atoms with E-state index in [1.54, 1.807) is 30.3 Å². The summed E-state index contributed by atoms with van der Waals surface area (Å²) in [4.78, 5) is 28.9. The standard InChI is InChI=1S/C23H22ClN3O4/c24-17-10-11-20(31-14-21(28)29)16(12-17)13-25-27-22(15-6-2-1-3-7-15)26-19-9-5-4-8-18(19)23(27)30/h4-5,8-13,15H,1-3,6-7,14H2,(H,28,29). The monoisotopic (exact) mass is 439 g/mol. The number of ether oxygens (including phenoxy) is 1. The van der Waals surface area contributed by atoms with E-state index in [0.717, 1.165) is 25.7 Å². The molecule has 1 fully saturated rings. The van der Waals surface area contributed by atoms with Crippen molar-refractivity contribution in [3.05, 3.63) is 69.2 Å². The number of para-hydroxylation sites is 1. The molecule has 1 aliphatic rings. The Labute approximate surface area is 183 Å². The predicted molar refractivity (Wildman–Crippen MR) is 119 cm³/mol. The van der Waals surface area contributed by atoms with Crippen LogP contribution in [0.25, 0.3) is 10.9 Å². The SMILES string of the molecule is O=C(O)COc1ccc(Cl)cc1C=Nn1c(C2CCCCC2)nc2ccccc2c1=O. The second-order valence-corrected chi connectivity index (χ2v) is 7.98. The largest absolute Gasteiger partial charge is 0.481 e. The number of carboxylic acid groups (broad SMARTS) is 1. The molecular formula is C23H22ClN3O4. The molecule has 1 heterocycles. The highest BCUT2D eigenvalue weighted by molar-refractivity contribution is 6.30. The molecule has 160 valence electrons. The summed E-state index contributed by atoms with van der Waals surface area (Å²) < 4.78 is 6.70. The van der Waals surface area contributed by atoms with Crippen molar-refractivity contribution in [2.45, 2.75) is 38.0 Å². The van der Waals surface area contributed by atoms with Gasteiger partial charge in [-0.1, -0.05) is 43.0 Å². The summed E-state index contributed by atoms with van der Waals surface area (Å²) in [5, 5.41) is 14.3. The molecule has 3 aromatic rings. The fourth-order valence-corrected chi connectivity index (χ4v) is 4.07. The number of aromatic nitrogens is 2. The van der Waals surface area contributed by atoms with Gasteiger partial charge in [0.05, 0.1) is 17.1 Å². The molecule has 0 saturated heterocycles. The Balaban J connectivity index is 1.80. The summed E-state index contributed by atoms with van der Waals surface area (Å²) in [5.41, 5.74) is 0.897. The first-order valence-corrected chi connectivity index (χ1v) is 10.6. The van der Waals surface area contributed by atoms with Crippen molar-refractivity contribution in [3.8, 4) is 5.75 Å². The number of hydrogen-bond acceptors (Lipinski definition) is 5. The van der Waals surface area contributed by atoms with Crippen molar-refractivity contribution >= 4 is 34.7 Å². The maximum Gasteiger partial charge on any atom is 0.341 e. The van der Waals surface area contributed by atoms with Crippen LogP contribution in [0.4, 0.5) is 0 Å². The van der Waals surface area contributed by atoms with Gasteiger partial charge in [0.2, 0.25) is 0 Å². The maximum atomic E-state index is 13.3. The lowest BCUT2D eigenvalue weighted by Gasteiger charge is -2.22. The molecule has 8 heteroatoms. The van der Waals surface area contributed by atoms with E-state index in [4.69, 9.17) is 26.4 Å². The van der Waals surface area contributed by atoms with Crippen molar-refractivity contribution in [1.29, 1.82) is 0 Å². The smallest absolute Gasteiger partial charge is 0.341 e. The van der Waals surface area contributed by atoms with E-state index in [0.29, 0.717) is 33.1 Å². The summed E-state index contributed by atoms with van der Waals surface area (Å²) in [6, 6.07) is 12.0. The third-order valence-electron chi connectivity index (χ3n) is 5.38. The van der Waals surface area contributed by atoms with Crippen molar-refractivity contribution < 1.29 is 14.6 Å². The molecule has 1 aliphatic carbocycles. The molecular weight excluding hydrogens is 418 g/mol. The molecule has 0 unspecified atom stereocenters. The van der Waals surface area contributed by atoms with Gasteiger partial charge in [0.15, 0.2) is 6.61 Å². The first-order chi connectivity index (χ1) is 15.0. The van der Waals surface area contributed by atoms with Crippen molar-refractivity contribution in [2.75, 3.05) is 6.61 Å². The number of aliphatic carboxylic acids is 1. The van der Waals surface area contributed by atoms with Crippen LogP contribution in [-0.4, -0.2) is 33.6 Å². The third-order valence-corrected chi connectivity index (χ3v) is 5.62. The molecule has 1 aromatic heterocycles. The minimum Gasteiger partial charge on any atom is -0.481 e. The Morgan fingerprint density at radius 1 is 1.23 bits per heavy atom. The van der Waals surface area contributed by atoms with E-state index in [9.17, 15) is 9.59 Å². The molecule has 4 rings (SSSR count). The molecule has 0 spiro atoms. The van der Waals surface area contributed by atoms with E-state index in [1.807, 2.05) is 12.1 Å². The highest BCUT2D eigenvalue weighted by Gasteiger charge is 2.22. The summed E-state index contributed by atoms with van der Waals surface area (Å²) >= 11 is 6.11. The molecule has 0 atom stereocenters. The number of fused-ring (bicyclic) bond motifs is 1. The highest BCUT2D eigenvalue weighted by Crippen LogP contribution is 2.32. The van der Waals surface area contributed by atoms with Crippen LogP contribution >= 0.6 is 11.6 Å². The molecule has 0 radical (unpaired) electrons. The second-order valence-electron chi connectivity index (χ2n) is 7.55. The number of hydrogen-bond donors (Lipinski definition) is 1.